The predicted molar refractivity (Wildman–Crippen MR) is 129 cm³/mol. The molecule has 3 rings (SSSR count). The molecular weight excluding hydrogens is 464 g/mol. The summed E-state index contributed by atoms with van der Waals surface area (Å²) < 4.78 is 16.2. The molecule has 0 spiro atoms. The Hall–Kier alpha value is -2.13. The number of carbonyl (C=O) groups excluding carboxylic acids is 2. The van der Waals surface area contributed by atoms with E-state index in [0.717, 1.165) is 17.5 Å². The molecule has 0 aliphatic carbocycles. The molecule has 0 saturated carbocycles. The number of rotatable bonds is 11. The number of amides is 2. The molecule has 0 radical (unpaired) electrons. The maximum atomic E-state index is 13.4. The first-order chi connectivity index (χ1) is 15.9. The Morgan fingerprint density at radius 3 is 2.79 bits per heavy atom. The standard InChI is InChI=1S/C24H31ClN2O5S/c1-17-13-18(5-6-20(17)25)32-15-21-19-8-12-33-22(19)7-10-27(21)23(28)14-26(9-4-11-30-2)24(29)16-31-3/h5-6,8,12-13,21H,4,7,9-11,14-16H2,1-3H3/t21-/m0/s1. The van der Waals surface area contributed by atoms with Crippen LogP contribution in [-0.4, -0.2) is 75.3 Å². The van der Waals surface area contributed by atoms with E-state index in [2.05, 4.69) is 11.4 Å². The number of methoxy groups -OCH3 is 2. The van der Waals surface area contributed by atoms with Crippen LogP contribution in [0.15, 0.2) is 29.6 Å². The second-order valence-electron chi connectivity index (χ2n) is 7.97. The van der Waals surface area contributed by atoms with E-state index in [4.69, 9.17) is 25.8 Å². The number of thiophene rings is 1. The van der Waals surface area contributed by atoms with Gasteiger partial charge in [0.05, 0.1) is 12.6 Å². The molecule has 9 heteroatoms. The Morgan fingerprint density at radius 1 is 1.24 bits per heavy atom. The zero-order valence-electron chi connectivity index (χ0n) is 19.3. The summed E-state index contributed by atoms with van der Waals surface area (Å²) in [6.45, 7) is 3.74. The van der Waals surface area contributed by atoms with Crippen molar-refractivity contribution in [3.05, 3.63) is 50.7 Å². The van der Waals surface area contributed by atoms with Crippen molar-refractivity contribution in [3.63, 3.8) is 0 Å². The second-order valence-corrected chi connectivity index (χ2v) is 9.38. The van der Waals surface area contributed by atoms with Gasteiger partial charge in [0.1, 0.15) is 19.0 Å². The minimum atomic E-state index is -0.221. The van der Waals surface area contributed by atoms with Crippen molar-refractivity contribution in [2.75, 3.05) is 53.7 Å². The Bertz CT molecular complexity index is 951. The van der Waals surface area contributed by atoms with Gasteiger partial charge in [-0.2, -0.15) is 0 Å². The second kappa shape index (κ2) is 12.4. The molecule has 7 nitrogen and oxygen atoms in total. The fourth-order valence-electron chi connectivity index (χ4n) is 3.92. The number of fused-ring (bicyclic) bond motifs is 1. The molecule has 1 aromatic heterocycles. The highest BCUT2D eigenvalue weighted by Crippen LogP contribution is 2.34. The van der Waals surface area contributed by atoms with Crippen molar-refractivity contribution in [1.82, 2.24) is 9.80 Å². The summed E-state index contributed by atoms with van der Waals surface area (Å²) in [7, 11) is 3.09. The molecule has 1 aliphatic heterocycles. The summed E-state index contributed by atoms with van der Waals surface area (Å²) in [5, 5.41) is 2.74. The normalized spacial score (nSPS) is 15.3. The number of aryl methyl sites for hydroxylation is 1. The van der Waals surface area contributed by atoms with Crippen LogP contribution < -0.4 is 4.74 Å². The molecule has 2 aromatic rings. The molecule has 0 N–H and O–H groups in total. The van der Waals surface area contributed by atoms with Gasteiger partial charge in [0.15, 0.2) is 0 Å². The van der Waals surface area contributed by atoms with Crippen molar-refractivity contribution in [3.8, 4) is 5.75 Å². The van der Waals surface area contributed by atoms with Crippen LogP contribution in [0.25, 0.3) is 0 Å². The van der Waals surface area contributed by atoms with Gasteiger partial charge in [0, 0.05) is 43.8 Å². The quantitative estimate of drug-likeness (QED) is 0.445. The molecule has 180 valence electrons. The molecule has 2 heterocycles. The molecule has 0 fully saturated rings. The van der Waals surface area contributed by atoms with E-state index in [-0.39, 0.29) is 31.0 Å². The smallest absolute Gasteiger partial charge is 0.249 e. The molecule has 0 bridgehead atoms. The summed E-state index contributed by atoms with van der Waals surface area (Å²) in [6.07, 6.45) is 1.45. The Labute approximate surface area is 204 Å². The van der Waals surface area contributed by atoms with Crippen molar-refractivity contribution >= 4 is 34.8 Å². The summed E-state index contributed by atoms with van der Waals surface area (Å²) in [6, 6.07) is 7.38. The molecule has 2 amide bonds. The van der Waals surface area contributed by atoms with Crippen molar-refractivity contribution in [2.45, 2.75) is 25.8 Å². The molecule has 0 unspecified atom stereocenters. The first-order valence-electron chi connectivity index (χ1n) is 10.9. The van der Waals surface area contributed by atoms with Crippen LogP contribution in [0, 0.1) is 6.92 Å². The van der Waals surface area contributed by atoms with Crippen LogP contribution in [-0.2, 0) is 25.5 Å². The summed E-state index contributed by atoms with van der Waals surface area (Å²) >= 11 is 7.83. The topological polar surface area (TPSA) is 68.3 Å². The molecule has 1 aliphatic rings. The molecule has 1 atom stereocenters. The lowest BCUT2D eigenvalue weighted by Gasteiger charge is -2.37. The molecule has 33 heavy (non-hydrogen) atoms. The summed E-state index contributed by atoms with van der Waals surface area (Å²) in [5.74, 6) is 0.400. The maximum absolute atomic E-state index is 13.4. The fourth-order valence-corrected chi connectivity index (χ4v) is 4.96. The third-order valence-corrected chi connectivity index (χ3v) is 7.10. The number of ether oxygens (including phenoxy) is 3. The van der Waals surface area contributed by atoms with E-state index in [0.29, 0.717) is 43.5 Å². The SMILES string of the molecule is COCCCN(CC(=O)N1CCc2sccc2[C@@H]1COc1ccc(Cl)c(C)c1)C(=O)COC. The van der Waals surface area contributed by atoms with Crippen LogP contribution in [0.4, 0.5) is 0 Å². The minimum absolute atomic E-state index is 0.00192. The largest absolute Gasteiger partial charge is 0.491 e. The fraction of sp³-hybridized carbons (Fsp3) is 0.500. The molecule has 0 saturated heterocycles. The van der Waals surface area contributed by atoms with E-state index in [1.54, 1.807) is 23.3 Å². The van der Waals surface area contributed by atoms with Crippen molar-refractivity contribution < 1.29 is 23.8 Å². The number of halogens is 1. The van der Waals surface area contributed by atoms with Gasteiger partial charge in [0.25, 0.3) is 0 Å². The van der Waals surface area contributed by atoms with Gasteiger partial charge >= 0.3 is 0 Å². The number of nitrogens with zero attached hydrogens (tertiary/aromatic N) is 2. The molecular formula is C24H31ClN2O5S. The van der Waals surface area contributed by atoms with Crippen molar-refractivity contribution in [2.24, 2.45) is 0 Å². The van der Waals surface area contributed by atoms with Gasteiger partial charge in [-0.1, -0.05) is 11.6 Å². The van der Waals surface area contributed by atoms with Gasteiger partial charge in [-0.25, -0.2) is 0 Å². The molecule has 1 aromatic carbocycles. The number of hydrogen-bond acceptors (Lipinski definition) is 6. The zero-order valence-corrected chi connectivity index (χ0v) is 20.9. The Morgan fingerprint density at radius 2 is 2.06 bits per heavy atom. The predicted octanol–water partition coefficient (Wildman–Crippen LogP) is 3.73. The van der Waals surface area contributed by atoms with Gasteiger partial charge in [-0.3, -0.25) is 9.59 Å². The maximum Gasteiger partial charge on any atom is 0.249 e. The van der Waals surface area contributed by atoms with E-state index in [1.165, 1.54) is 12.0 Å². The van der Waals surface area contributed by atoms with E-state index >= 15 is 0 Å². The monoisotopic (exact) mass is 494 g/mol. The highest BCUT2D eigenvalue weighted by atomic mass is 35.5. The first-order valence-corrected chi connectivity index (χ1v) is 12.2. The number of benzene rings is 1. The summed E-state index contributed by atoms with van der Waals surface area (Å²) in [4.78, 5) is 30.6. The van der Waals surface area contributed by atoms with Crippen LogP contribution in [0.1, 0.15) is 28.5 Å². The highest BCUT2D eigenvalue weighted by molar-refractivity contribution is 7.10. The third-order valence-electron chi connectivity index (χ3n) is 5.68. The lowest BCUT2D eigenvalue weighted by molar-refractivity contribution is -0.144. The average molecular weight is 495 g/mol. The summed E-state index contributed by atoms with van der Waals surface area (Å²) in [5.41, 5.74) is 2.05. The Balaban J connectivity index is 1.74. The first kappa shape index (κ1) is 25.5. The van der Waals surface area contributed by atoms with Gasteiger partial charge in [-0.05, 0) is 60.5 Å². The highest BCUT2D eigenvalue weighted by Gasteiger charge is 2.33. The van der Waals surface area contributed by atoms with Gasteiger partial charge < -0.3 is 24.0 Å². The lowest BCUT2D eigenvalue weighted by Crippen LogP contribution is -2.48. The third kappa shape index (κ3) is 6.69. The van der Waals surface area contributed by atoms with E-state index in [1.807, 2.05) is 30.0 Å². The van der Waals surface area contributed by atoms with Gasteiger partial charge in [-0.15, -0.1) is 11.3 Å². The van der Waals surface area contributed by atoms with Crippen molar-refractivity contribution in [1.29, 1.82) is 0 Å². The number of carbonyl (C=O) groups is 2. The zero-order chi connectivity index (χ0) is 23.8. The van der Waals surface area contributed by atoms with E-state index in [9.17, 15) is 9.59 Å². The average Bonchev–Trinajstić information content (AvgIpc) is 3.28. The van der Waals surface area contributed by atoms with Crippen LogP contribution in [0.5, 0.6) is 5.75 Å². The van der Waals surface area contributed by atoms with E-state index < -0.39 is 0 Å². The lowest BCUT2D eigenvalue weighted by atomic mass is 10.0. The Kier molecular flexibility index (Phi) is 9.55. The van der Waals surface area contributed by atoms with Crippen LogP contribution >= 0.6 is 22.9 Å². The number of hydrogen-bond donors (Lipinski definition) is 0. The minimum Gasteiger partial charge on any atom is -0.491 e. The van der Waals surface area contributed by atoms with Crippen LogP contribution in [0.3, 0.4) is 0 Å². The van der Waals surface area contributed by atoms with Crippen LogP contribution in [0.2, 0.25) is 5.02 Å². The van der Waals surface area contributed by atoms with Gasteiger partial charge in [0.2, 0.25) is 11.8 Å².